The Balaban J connectivity index is 1.24. The number of carbonyl (C=O) groups is 1. The number of piperidine rings is 1. The lowest BCUT2D eigenvalue weighted by Crippen LogP contribution is -2.47. The van der Waals surface area contributed by atoms with Crippen LogP contribution in [0.5, 0.6) is 0 Å². The number of amides is 1. The summed E-state index contributed by atoms with van der Waals surface area (Å²) in [6.45, 7) is 0.815. The topological polar surface area (TPSA) is 125 Å². The number of fused-ring (bicyclic) bond motifs is 1. The molecule has 1 aliphatic heterocycles. The Bertz CT molecular complexity index is 1510. The number of para-hydroxylation sites is 1. The van der Waals surface area contributed by atoms with Crippen molar-refractivity contribution >= 4 is 55.6 Å². The van der Waals surface area contributed by atoms with Gasteiger partial charge in [-0.15, -0.1) is 11.3 Å². The van der Waals surface area contributed by atoms with Gasteiger partial charge in [0.2, 0.25) is 0 Å². The zero-order valence-electron chi connectivity index (χ0n) is 19.0. The molecule has 1 saturated heterocycles. The third-order valence-corrected chi connectivity index (χ3v) is 8.71. The molecule has 0 unspecified atom stereocenters. The fraction of sp³-hybridized carbons (Fsp3) is 0.250. The zero-order valence-corrected chi connectivity index (χ0v) is 21.4. The van der Waals surface area contributed by atoms with E-state index in [0.717, 1.165) is 5.01 Å². The van der Waals surface area contributed by atoms with E-state index in [2.05, 4.69) is 19.7 Å². The Morgan fingerprint density at radius 1 is 1.11 bits per heavy atom. The number of benzene rings is 2. The van der Waals surface area contributed by atoms with Crippen LogP contribution >= 0.6 is 22.9 Å². The summed E-state index contributed by atoms with van der Waals surface area (Å²) in [5, 5.41) is 13.8. The first-order chi connectivity index (χ1) is 17.2. The second kappa shape index (κ2) is 9.74. The van der Waals surface area contributed by atoms with Gasteiger partial charge in [0.15, 0.2) is 0 Å². The van der Waals surface area contributed by atoms with E-state index in [1.165, 1.54) is 29.8 Å². The van der Waals surface area contributed by atoms with E-state index in [9.17, 15) is 18.3 Å². The molecule has 2 aromatic carbocycles. The van der Waals surface area contributed by atoms with E-state index < -0.39 is 15.6 Å². The molecule has 1 aliphatic rings. The second-order valence-corrected chi connectivity index (χ2v) is 11.6. The molecule has 3 heterocycles. The third-order valence-electron chi connectivity index (χ3n) is 6.12. The number of aromatic nitrogens is 3. The van der Waals surface area contributed by atoms with Crippen LogP contribution in [0.2, 0.25) is 5.15 Å². The van der Waals surface area contributed by atoms with Crippen molar-refractivity contribution in [3.05, 3.63) is 76.0 Å². The summed E-state index contributed by atoms with van der Waals surface area (Å²) in [4.78, 5) is 27.2. The van der Waals surface area contributed by atoms with Crippen molar-refractivity contribution in [1.29, 1.82) is 0 Å². The fourth-order valence-electron chi connectivity index (χ4n) is 4.21. The summed E-state index contributed by atoms with van der Waals surface area (Å²) in [5.74, 6) is -0.173. The maximum atomic E-state index is 13.0. The lowest BCUT2D eigenvalue weighted by atomic mass is 9.88. The molecular weight excluding hydrogens is 522 g/mol. The van der Waals surface area contributed by atoms with E-state index >= 15 is 0 Å². The highest BCUT2D eigenvalue weighted by Crippen LogP contribution is 2.29. The lowest BCUT2D eigenvalue weighted by Gasteiger charge is -2.38. The zero-order chi connectivity index (χ0) is 25.3. The number of rotatable bonds is 6. The molecule has 5 rings (SSSR count). The van der Waals surface area contributed by atoms with Gasteiger partial charge in [0, 0.05) is 48.5 Å². The number of anilines is 1. The molecule has 0 spiro atoms. The Morgan fingerprint density at radius 3 is 2.53 bits per heavy atom. The summed E-state index contributed by atoms with van der Waals surface area (Å²) in [5.41, 5.74) is 0.590. The van der Waals surface area contributed by atoms with Crippen molar-refractivity contribution in [2.45, 2.75) is 29.8 Å². The number of nitrogens with zero attached hydrogens (tertiary/aromatic N) is 4. The van der Waals surface area contributed by atoms with Gasteiger partial charge in [0.1, 0.15) is 15.6 Å². The molecule has 0 atom stereocenters. The van der Waals surface area contributed by atoms with Gasteiger partial charge in [-0.2, -0.15) is 0 Å². The maximum Gasteiger partial charge on any atom is 0.264 e. The number of sulfonamides is 1. The number of likely N-dealkylation sites (tertiary alicyclic amines) is 1. The molecule has 0 radical (unpaired) electrons. The summed E-state index contributed by atoms with van der Waals surface area (Å²) in [6, 6.07) is 11.0. The predicted molar refractivity (Wildman–Crippen MR) is 138 cm³/mol. The molecule has 186 valence electrons. The van der Waals surface area contributed by atoms with Crippen LogP contribution in [0, 0.1) is 0 Å². The van der Waals surface area contributed by atoms with Crippen LogP contribution in [-0.2, 0) is 16.4 Å². The summed E-state index contributed by atoms with van der Waals surface area (Å²) >= 11 is 7.29. The van der Waals surface area contributed by atoms with Crippen molar-refractivity contribution in [1.82, 2.24) is 19.9 Å². The van der Waals surface area contributed by atoms with E-state index in [4.69, 9.17) is 11.6 Å². The molecule has 9 nitrogen and oxygen atoms in total. The van der Waals surface area contributed by atoms with Crippen molar-refractivity contribution in [2.75, 3.05) is 17.8 Å². The van der Waals surface area contributed by atoms with Gasteiger partial charge in [0.25, 0.3) is 15.9 Å². The quantitative estimate of drug-likeness (QED) is 0.379. The van der Waals surface area contributed by atoms with Crippen LogP contribution in [0.15, 0.2) is 65.1 Å². The van der Waals surface area contributed by atoms with Gasteiger partial charge in [-0.25, -0.2) is 13.4 Å². The highest BCUT2D eigenvalue weighted by atomic mass is 35.5. The highest BCUT2D eigenvalue weighted by Gasteiger charge is 2.35. The van der Waals surface area contributed by atoms with Crippen LogP contribution in [-0.4, -0.2) is 58.0 Å². The van der Waals surface area contributed by atoms with Gasteiger partial charge in [-0.3, -0.25) is 19.5 Å². The maximum absolute atomic E-state index is 13.0. The first-order valence-electron chi connectivity index (χ1n) is 11.2. The van der Waals surface area contributed by atoms with Crippen molar-refractivity contribution in [3.8, 4) is 0 Å². The second-order valence-electron chi connectivity index (χ2n) is 8.62. The largest absolute Gasteiger partial charge is 0.389 e. The molecule has 0 bridgehead atoms. The predicted octanol–water partition coefficient (Wildman–Crippen LogP) is 3.75. The molecule has 4 aromatic rings. The van der Waals surface area contributed by atoms with E-state index in [0.29, 0.717) is 54.3 Å². The summed E-state index contributed by atoms with van der Waals surface area (Å²) < 4.78 is 28.5. The first-order valence-corrected chi connectivity index (χ1v) is 13.9. The van der Waals surface area contributed by atoms with Crippen LogP contribution in [0.1, 0.15) is 28.2 Å². The van der Waals surface area contributed by atoms with Crippen LogP contribution in [0.3, 0.4) is 0 Å². The Labute approximate surface area is 216 Å². The highest BCUT2D eigenvalue weighted by molar-refractivity contribution is 7.93. The number of carbonyl (C=O) groups excluding carboxylic acids is 1. The fourth-order valence-corrected chi connectivity index (χ4v) is 6.51. The number of aliphatic hydroxyl groups is 1. The number of hydrogen-bond acceptors (Lipinski definition) is 8. The van der Waals surface area contributed by atoms with E-state index in [1.807, 2.05) is 0 Å². The van der Waals surface area contributed by atoms with Crippen molar-refractivity contribution in [3.63, 3.8) is 0 Å². The molecule has 36 heavy (non-hydrogen) atoms. The van der Waals surface area contributed by atoms with Crippen molar-refractivity contribution < 1.29 is 18.3 Å². The van der Waals surface area contributed by atoms with Gasteiger partial charge in [-0.1, -0.05) is 17.7 Å². The third kappa shape index (κ3) is 5.19. The van der Waals surface area contributed by atoms with E-state index in [1.54, 1.807) is 46.7 Å². The standard InChI is InChI=1S/C24H22ClN5O4S2/c25-20-15-35-21(28-20)14-24(32)8-12-30(13-9-24)23(31)16-4-6-17(7-5-16)29-36(33,34)19-3-1-2-18-22(19)27-11-10-26-18/h1-7,10-11,15,29,32H,8-9,12-14H2. The molecule has 1 amide bonds. The molecule has 1 fully saturated rings. The summed E-state index contributed by atoms with van der Waals surface area (Å²) in [6.07, 6.45) is 4.21. The Hall–Kier alpha value is -3.12. The molecule has 2 aromatic heterocycles. The minimum Gasteiger partial charge on any atom is -0.389 e. The molecule has 12 heteroatoms. The van der Waals surface area contributed by atoms with Gasteiger partial charge < -0.3 is 10.0 Å². The number of nitrogens with one attached hydrogen (secondary N) is 1. The van der Waals surface area contributed by atoms with Crippen molar-refractivity contribution in [2.24, 2.45) is 0 Å². The number of thiazole rings is 1. The van der Waals surface area contributed by atoms with Gasteiger partial charge in [-0.05, 0) is 49.2 Å². The van der Waals surface area contributed by atoms with Gasteiger partial charge in [0.05, 0.1) is 16.1 Å². The van der Waals surface area contributed by atoms with Crippen LogP contribution in [0.25, 0.3) is 11.0 Å². The average molecular weight is 544 g/mol. The minimum absolute atomic E-state index is 0.0223. The SMILES string of the molecule is O=C(c1ccc(NS(=O)(=O)c2cccc3nccnc23)cc1)N1CCC(O)(Cc2nc(Cl)cs2)CC1. The van der Waals surface area contributed by atoms with E-state index in [-0.39, 0.29) is 16.3 Å². The number of halogens is 1. The molecular formula is C24H22ClN5O4S2. The number of hydrogen-bond donors (Lipinski definition) is 2. The molecule has 2 N–H and O–H groups in total. The first kappa shape index (κ1) is 24.6. The van der Waals surface area contributed by atoms with Gasteiger partial charge >= 0.3 is 0 Å². The normalized spacial score (nSPS) is 15.7. The van der Waals surface area contributed by atoms with Crippen LogP contribution in [0.4, 0.5) is 5.69 Å². The minimum atomic E-state index is -3.92. The molecule has 0 saturated carbocycles. The van der Waals surface area contributed by atoms with Crippen LogP contribution < -0.4 is 4.72 Å². The Kier molecular flexibility index (Phi) is 6.64. The molecule has 0 aliphatic carbocycles. The monoisotopic (exact) mass is 543 g/mol. The lowest BCUT2D eigenvalue weighted by molar-refractivity contribution is -0.0162. The summed E-state index contributed by atoms with van der Waals surface area (Å²) in [7, 11) is -3.92. The Morgan fingerprint density at radius 2 is 1.83 bits per heavy atom. The average Bonchev–Trinajstić information content (AvgIpc) is 3.27. The smallest absolute Gasteiger partial charge is 0.264 e.